The zero-order valence-corrected chi connectivity index (χ0v) is 5.27. The van der Waals surface area contributed by atoms with Crippen molar-refractivity contribution in [3.63, 3.8) is 0 Å². The van der Waals surface area contributed by atoms with Gasteiger partial charge in [-0.3, -0.25) is 14.9 Å². The molecule has 1 heterocycles. The van der Waals surface area contributed by atoms with Gasteiger partial charge in [-0.2, -0.15) is 4.99 Å². The van der Waals surface area contributed by atoms with Crippen molar-refractivity contribution in [3.05, 3.63) is 0 Å². The number of amides is 2. The molecule has 1 unspecified atom stereocenters. The second-order valence-corrected chi connectivity index (χ2v) is 1.88. The number of amidine groups is 1. The van der Waals surface area contributed by atoms with E-state index < -0.39 is 23.8 Å². The van der Waals surface area contributed by atoms with Gasteiger partial charge >= 0.3 is 0 Å². The van der Waals surface area contributed by atoms with Crippen molar-refractivity contribution in [3.8, 4) is 0 Å². The summed E-state index contributed by atoms with van der Waals surface area (Å²) < 4.78 is 0. The van der Waals surface area contributed by atoms with Gasteiger partial charge in [0, 0.05) is 0 Å². The summed E-state index contributed by atoms with van der Waals surface area (Å²) in [6, 6.07) is -0.766. The molecule has 1 atom stereocenters. The smallest absolute Gasteiger partial charge is 0.296 e. The number of rotatable bonds is 1. The Bertz CT molecular complexity index is 257. The maximum atomic E-state index is 10.6. The number of hydrogen-bond donors (Lipinski definition) is 2. The Morgan fingerprint density at radius 2 is 2.18 bits per heavy atom. The Morgan fingerprint density at radius 1 is 1.55 bits per heavy atom. The predicted molar refractivity (Wildman–Crippen MR) is 32.8 cm³/mol. The molecule has 0 spiro atoms. The van der Waals surface area contributed by atoms with E-state index in [9.17, 15) is 14.4 Å². The molecule has 2 N–H and O–H groups in total. The molecule has 11 heavy (non-hydrogen) atoms. The lowest BCUT2D eigenvalue weighted by atomic mass is 10.1. The average Bonchev–Trinajstić information content (AvgIpc) is 1.85. The van der Waals surface area contributed by atoms with Crippen LogP contribution in [-0.4, -0.2) is 29.2 Å². The molecule has 1 aliphatic rings. The van der Waals surface area contributed by atoms with Crippen LogP contribution in [0, 0.1) is 5.92 Å². The van der Waals surface area contributed by atoms with Gasteiger partial charge in [0.15, 0.2) is 5.92 Å². The fraction of sp³-hybridized carbons (Fsp3) is 0.200. The van der Waals surface area contributed by atoms with E-state index >= 15 is 0 Å². The van der Waals surface area contributed by atoms with Crippen molar-refractivity contribution in [1.82, 2.24) is 5.32 Å². The molecule has 0 radical (unpaired) electrons. The summed E-state index contributed by atoms with van der Waals surface area (Å²) in [5.74, 6) is -3.20. The molecular formula is C5H4N2O4. The van der Waals surface area contributed by atoms with Gasteiger partial charge in [-0.25, -0.2) is 0 Å². The van der Waals surface area contributed by atoms with E-state index in [-0.39, 0.29) is 6.29 Å². The first-order chi connectivity index (χ1) is 5.15. The normalized spacial score (nSPS) is 24.0. The largest absolute Gasteiger partial charge is 0.480 e. The standard InChI is InChI=1S/C5H4N2O4/c8-1-2-3(9)6-5(11)7-4(2)10/h1-2H,(H2,6,7,9,10,11). The SMILES string of the molecule is O=CC1C(=O)N=C(O)NC1=O. The zero-order chi connectivity index (χ0) is 8.43. The van der Waals surface area contributed by atoms with Gasteiger partial charge in [0.1, 0.15) is 6.29 Å². The molecule has 0 aliphatic carbocycles. The van der Waals surface area contributed by atoms with Crippen molar-refractivity contribution in [2.75, 3.05) is 0 Å². The molecule has 6 heteroatoms. The quantitative estimate of drug-likeness (QED) is 0.352. The van der Waals surface area contributed by atoms with Crippen molar-refractivity contribution < 1.29 is 19.5 Å². The lowest BCUT2D eigenvalue weighted by Crippen LogP contribution is -2.44. The molecule has 58 valence electrons. The number of carbonyl (C=O) groups excluding carboxylic acids is 3. The van der Waals surface area contributed by atoms with Crippen LogP contribution in [0.2, 0.25) is 0 Å². The van der Waals surface area contributed by atoms with Crippen LogP contribution in [-0.2, 0) is 14.4 Å². The van der Waals surface area contributed by atoms with E-state index in [2.05, 4.69) is 4.99 Å². The minimum absolute atomic E-state index is 0.174. The highest BCUT2D eigenvalue weighted by Gasteiger charge is 2.31. The Labute approximate surface area is 60.9 Å². The zero-order valence-electron chi connectivity index (χ0n) is 5.27. The molecule has 1 rings (SSSR count). The van der Waals surface area contributed by atoms with Crippen LogP contribution >= 0.6 is 0 Å². The van der Waals surface area contributed by atoms with Gasteiger partial charge in [0.25, 0.3) is 11.9 Å². The number of aliphatic imine (C=N–C) groups is 1. The van der Waals surface area contributed by atoms with Gasteiger partial charge in [-0.15, -0.1) is 0 Å². The third kappa shape index (κ3) is 1.23. The van der Waals surface area contributed by atoms with E-state index in [4.69, 9.17) is 5.11 Å². The molecule has 2 amide bonds. The van der Waals surface area contributed by atoms with Gasteiger partial charge in [0.2, 0.25) is 5.91 Å². The van der Waals surface area contributed by atoms with Gasteiger partial charge in [-0.05, 0) is 0 Å². The van der Waals surface area contributed by atoms with E-state index in [1.165, 1.54) is 0 Å². The summed E-state index contributed by atoms with van der Waals surface area (Å²) in [6.45, 7) is 0. The second kappa shape index (κ2) is 2.49. The first-order valence-corrected chi connectivity index (χ1v) is 2.73. The minimum atomic E-state index is -1.41. The van der Waals surface area contributed by atoms with Crippen LogP contribution in [0.4, 0.5) is 0 Å². The summed E-state index contributed by atoms with van der Waals surface area (Å²) in [5.41, 5.74) is 0. The molecule has 6 nitrogen and oxygen atoms in total. The molecule has 1 aliphatic heterocycles. The Balaban J connectivity index is 2.94. The van der Waals surface area contributed by atoms with Crippen molar-refractivity contribution in [2.45, 2.75) is 0 Å². The predicted octanol–water partition coefficient (Wildman–Crippen LogP) is -1.63. The number of aliphatic hydroxyl groups is 1. The maximum Gasteiger partial charge on any atom is 0.296 e. The third-order valence-corrected chi connectivity index (χ3v) is 1.14. The Hall–Kier alpha value is -1.72. The average molecular weight is 156 g/mol. The highest BCUT2D eigenvalue weighted by atomic mass is 16.3. The fourth-order valence-corrected chi connectivity index (χ4v) is 0.622. The Morgan fingerprint density at radius 3 is 2.64 bits per heavy atom. The lowest BCUT2D eigenvalue weighted by Gasteiger charge is -2.10. The number of aliphatic hydroxyl groups excluding tert-OH is 1. The van der Waals surface area contributed by atoms with Crippen LogP contribution in [0.15, 0.2) is 4.99 Å². The molecule has 0 saturated carbocycles. The molecular weight excluding hydrogens is 152 g/mol. The number of nitrogens with one attached hydrogen (secondary N) is 1. The topological polar surface area (TPSA) is 95.8 Å². The molecule has 0 bridgehead atoms. The highest BCUT2D eigenvalue weighted by Crippen LogP contribution is 2.00. The molecule has 0 saturated heterocycles. The molecule has 0 aromatic heterocycles. The van der Waals surface area contributed by atoms with E-state index in [0.29, 0.717) is 0 Å². The fourth-order valence-electron chi connectivity index (χ4n) is 0.622. The summed E-state index contributed by atoms with van der Waals surface area (Å²) in [5, 5.41) is 10.4. The molecule has 0 fully saturated rings. The van der Waals surface area contributed by atoms with Crippen LogP contribution in [0.1, 0.15) is 0 Å². The van der Waals surface area contributed by atoms with E-state index in [1.54, 1.807) is 0 Å². The monoisotopic (exact) mass is 156 g/mol. The maximum absolute atomic E-state index is 10.6. The van der Waals surface area contributed by atoms with Crippen molar-refractivity contribution in [1.29, 1.82) is 0 Å². The summed E-state index contributed by atoms with van der Waals surface area (Å²) >= 11 is 0. The van der Waals surface area contributed by atoms with Gasteiger partial charge < -0.3 is 9.90 Å². The van der Waals surface area contributed by atoms with Gasteiger partial charge in [-0.1, -0.05) is 0 Å². The van der Waals surface area contributed by atoms with E-state index in [0.717, 1.165) is 0 Å². The number of nitrogens with zero attached hydrogens (tertiary/aromatic N) is 1. The third-order valence-electron chi connectivity index (χ3n) is 1.14. The highest BCUT2D eigenvalue weighted by molar-refractivity contribution is 6.20. The molecule has 0 aromatic carbocycles. The first-order valence-electron chi connectivity index (χ1n) is 2.73. The van der Waals surface area contributed by atoms with E-state index in [1.807, 2.05) is 5.32 Å². The number of carbonyl (C=O) groups is 3. The van der Waals surface area contributed by atoms with Crippen molar-refractivity contribution >= 4 is 24.1 Å². The lowest BCUT2D eigenvalue weighted by molar-refractivity contribution is -0.136. The first kappa shape index (κ1) is 7.39. The second-order valence-electron chi connectivity index (χ2n) is 1.88. The number of hydrogen-bond acceptors (Lipinski definition) is 3. The van der Waals surface area contributed by atoms with Crippen LogP contribution in [0.5, 0.6) is 0 Å². The minimum Gasteiger partial charge on any atom is -0.480 e. The number of aldehydes is 1. The summed E-state index contributed by atoms with van der Waals surface area (Å²) in [7, 11) is 0. The van der Waals surface area contributed by atoms with Crippen LogP contribution in [0.3, 0.4) is 0 Å². The van der Waals surface area contributed by atoms with Crippen molar-refractivity contribution in [2.24, 2.45) is 10.9 Å². The Kier molecular flexibility index (Phi) is 1.67. The summed E-state index contributed by atoms with van der Waals surface area (Å²) in [4.78, 5) is 34.3. The summed E-state index contributed by atoms with van der Waals surface area (Å²) in [6.07, 6.45) is 0.174. The van der Waals surface area contributed by atoms with Gasteiger partial charge in [0.05, 0.1) is 0 Å². The molecule has 0 aromatic rings. The van der Waals surface area contributed by atoms with Crippen LogP contribution in [0.25, 0.3) is 0 Å². The van der Waals surface area contributed by atoms with Crippen LogP contribution < -0.4 is 5.32 Å².